The lowest BCUT2D eigenvalue weighted by Crippen LogP contribution is -2.34. The minimum Gasteiger partial charge on any atom is -0.341 e. The normalized spacial score (nSPS) is 16.1. The largest absolute Gasteiger partial charge is 0.341 e. The van der Waals surface area contributed by atoms with Crippen LogP contribution in [-0.4, -0.2) is 40.1 Å². The van der Waals surface area contributed by atoms with Crippen LogP contribution in [0.4, 0.5) is 5.69 Å². The van der Waals surface area contributed by atoms with Crippen LogP contribution in [0.25, 0.3) is 0 Å². The summed E-state index contributed by atoms with van der Waals surface area (Å²) in [6.07, 6.45) is 3.93. The maximum Gasteiger partial charge on any atom is 0.228 e. The van der Waals surface area contributed by atoms with Gasteiger partial charge in [-0.25, -0.2) is 0 Å². The number of carbonyl (C=O) groups excluding carboxylic acids is 2. The molecule has 1 saturated heterocycles. The third-order valence-corrected chi connectivity index (χ3v) is 5.61. The molecule has 2 aromatic carbocycles. The first-order chi connectivity index (χ1) is 14.5. The number of hydrogen-bond acceptors (Lipinski definition) is 3. The molecule has 1 fully saturated rings. The molecule has 0 aliphatic carbocycles. The van der Waals surface area contributed by atoms with Gasteiger partial charge in [-0.2, -0.15) is 5.10 Å². The first-order valence-corrected chi connectivity index (χ1v) is 10.2. The van der Waals surface area contributed by atoms with E-state index in [0.717, 1.165) is 5.56 Å². The molecule has 0 saturated carbocycles. The molecule has 3 aromatic rings. The Morgan fingerprint density at radius 3 is 2.63 bits per heavy atom. The molecule has 1 unspecified atom stereocenters. The highest BCUT2D eigenvalue weighted by Crippen LogP contribution is 2.31. The molecular weight excluding hydrogens is 400 g/mol. The molecule has 1 aliphatic heterocycles. The molecule has 2 heterocycles. The topological polar surface area (TPSA) is 58.4 Å². The van der Waals surface area contributed by atoms with Crippen LogP contribution in [-0.2, 0) is 22.7 Å². The van der Waals surface area contributed by atoms with Crippen LogP contribution in [0.5, 0.6) is 0 Å². The highest BCUT2D eigenvalue weighted by molar-refractivity contribution is 6.33. The lowest BCUT2D eigenvalue weighted by Gasteiger charge is -2.21. The summed E-state index contributed by atoms with van der Waals surface area (Å²) in [4.78, 5) is 28.7. The molecule has 1 aliphatic rings. The number of rotatable bonds is 6. The highest BCUT2D eigenvalue weighted by Gasteiger charge is 2.37. The third kappa shape index (κ3) is 4.39. The Kier molecular flexibility index (Phi) is 5.86. The number of benzene rings is 2. The Morgan fingerprint density at radius 1 is 1.13 bits per heavy atom. The molecule has 30 heavy (non-hydrogen) atoms. The van der Waals surface area contributed by atoms with E-state index >= 15 is 0 Å². The Hall–Kier alpha value is -3.12. The Balaban J connectivity index is 1.37. The van der Waals surface area contributed by atoms with Gasteiger partial charge in [-0.1, -0.05) is 54.1 Å². The van der Waals surface area contributed by atoms with Crippen LogP contribution in [0.2, 0.25) is 5.02 Å². The van der Waals surface area contributed by atoms with E-state index in [-0.39, 0.29) is 24.2 Å². The number of amides is 2. The van der Waals surface area contributed by atoms with E-state index in [1.807, 2.05) is 41.2 Å². The lowest BCUT2D eigenvalue weighted by molar-refractivity contribution is -0.135. The summed E-state index contributed by atoms with van der Waals surface area (Å²) in [5.74, 6) is -0.502. The first-order valence-electron chi connectivity index (χ1n) is 9.86. The summed E-state index contributed by atoms with van der Waals surface area (Å²) >= 11 is 6.23. The molecule has 0 radical (unpaired) electrons. The van der Waals surface area contributed by atoms with Gasteiger partial charge in [-0.15, -0.1) is 0 Å². The monoisotopic (exact) mass is 422 g/mol. The van der Waals surface area contributed by atoms with Crippen molar-refractivity contribution >= 4 is 29.1 Å². The van der Waals surface area contributed by atoms with E-state index in [1.54, 1.807) is 35.2 Å². The van der Waals surface area contributed by atoms with E-state index < -0.39 is 0 Å². The van der Waals surface area contributed by atoms with Crippen molar-refractivity contribution in [3.63, 3.8) is 0 Å². The van der Waals surface area contributed by atoms with Gasteiger partial charge in [-0.3, -0.25) is 14.3 Å². The van der Waals surface area contributed by atoms with Crippen molar-refractivity contribution in [1.82, 2.24) is 14.7 Å². The van der Waals surface area contributed by atoms with Gasteiger partial charge >= 0.3 is 0 Å². The van der Waals surface area contributed by atoms with Gasteiger partial charge in [0.25, 0.3) is 0 Å². The Labute approximate surface area is 180 Å². The average Bonchev–Trinajstić information content (AvgIpc) is 3.35. The fraction of sp³-hybridized carbons (Fsp3) is 0.261. The fourth-order valence-corrected chi connectivity index (χ4v) is 4.02. The SMILES string of the molecule is CN(Cc1cnn(Cc2ccccc2)c1)C(=O)C1CC(=O)N(c2ccccc2Cl)C1. The van der Waals surface area contributed by atoms with Gasteiger partial charge in [0.05, 0.1) is 29.4 Å². The fourth-order valence-electron chi connectivity index (χ4n) is 3.78. The highest BCUT2D eigenvalue weighted by atomic mass is 35.5. The molecule has 1 aromatic heterocycles. The molecule has 154 valence electrons. The molecule has 2 amide bonds. The van der Waals surface area contributed by atoms with E-state index in [1.165, 1.54) is 5.56 Å². The number of anilines is 1. The maximum absolute atomic E-state index is 12.9. The van der Waals surface area contributed by atoms with Crippen LogP contribution in [0.1, 0.15) is 17.5 Å². The molecule has 0 bridgehead atoms. The first kappa shape index (κ1) is 20.2. The van der Waals surface area contributed by atoms with Crippen LogP contribution >= 0.6 is 11.6 Å². The third-order valence-electron chi connectivity index (χ3n) is 5.29. The van der Waals surface area contributed by atoms with Crippen molar-refractivity contribution in [1.29, 1.82) is 0 Å². The van der Waals surface area contributed by atoms with E-state index in [4.69, 9.17) is 11.6 Å². The van der Waals surface area contributed by atoms with Gasteiger partial charge in [0, 0.05) is 38.3 Å². The van der Waals surface area contributed by atoms with Gasteiger partial charge in [0.1, 0.15) is 0 Å². The number of halogens is 1. The summed E-state index contributed by atoms with van der Waals surface area (Å²) in [6.45, 7) is 1.48. The maximum atomic E-state index is 12.9. The van der Waals surface area contributed by atoms with Crippen molar-refractivity contribution in [3.05, 3.63) is 83.1 Å². The number of aromatic nitrogens is 2. The van der Waals surface area contributed by atoms with Crippen LogP contribution < -0.4 is 4.90 Å². The molecule has 6 nitrogen and oxygen atoms in total. The second-order valence-corrected chi connectivity index (χ2v) is 7.99. The lowest BCUT2D eigenvalue weighted by atomic mass is 10.1. The number of hydrogen-bond donors (Lipinski definition) is 0. The Morgan fingerprint density at radius 2 is 1.87 bits per heavy atom. The van der Waals surface area contributed by atoms with Crippen molar-refractivity contribution in [2.75, 3.05) is 18.5 Å². The van der Waals surface area contributed by atoms with Crippen LogP contribution in [0.15, 0.2) is 67.0 Å². The van der Waals surface area contributed by atoms with Gasteiger partial charge in [-0.05, 0) is 17.7 Å². The summed E-state index contributed by atoms with van der Waals surface area (Å²) < 4.78 is 1.86. The Bertz CT molecular complexity index is 1050. The molecule has 1 atom stereocenters. The number of carbonyl (C=O) groups is 2. The quantitative estimate of drug-likeness (QED) is 0.610. The zero-order valence-corrected chi connectivity index (χ0v) is 17.5. The minimum atomic E-state index is -0.377. The van der Waals surface area contributed by atoms with Crippen LogP contribution in [0.3, 0.4) is 0 Å². The van der Waals surface area contributed by atoms with Crippen molar-refractivity contribution < 1.29 is 9.59 Å². The second kappa shape index (κ2) is 8.71. The second-order valence-electron chi connectivity index (χ2n) is 7.58. The minimum absolute atomic E-state index is 0.0475. The van der Waals surface area contributed by atoms with Crippen molar-refractivity contribution in [2.24, 2.45) is 5.92 Å². The van der Waals surface area contributed by atoms with Gasteiger partial charge in [0.15, 0.2) is 0 Å². The molecule has 0 N–H and O–H groups in total. The summed E-state index contributed by atoms with van der Waals surface area (Å²) in [7, 11) is 1.76. The molecular formula is C23H23ClN4O2. The summed E-state index contributed by atoms with van der Waals surface area (Å²) in [5.41, 5.74) is 2.78. The van der Waals surface area contributed by atoms with E-state index in [2.05, 4.69) is 17.2 Å². The predicted molar refractivity (Wildman–Crippen MR) is 116 cm³/mol. The van der Waals surface area contributed by atoms with Crippen LogP contribution in [0, 0.1) is 5.92 Å². The average molecular weight is 423 g/mol. The standard InChI is InChI=1S/C23H23ClN4O2/c1-26(13-18-12-25-27(15-18)14-17-7-3-2-4-8-17)23(30)19-11-22(29)28(16-19)21-10-6-5-9-20(21)24/h2-10,12,15,19H,11,13-14,16H2,1H3. The molecule has 7 heteroatoms. The number of para-hydroxylation sites is 1. The van der Waals surface area contributed by atoms with Crippen molar-refractivity contribution in [2.45, 2.75) is 19.5 Å². The molecule has 0 spiro atoms. The van der Waals surface area contributed by atoms with Gasteiger partial charge in [0.2, 0.25) is 11.8 Å². The van der Waals surface area contributed by atoms with E-state index in [9.17, 15) is 9.59 Å². The predicted octanol–water partition coefficient (Wildman–Crippen LogP) is 3.60. The number of nitrogens with zero attached hydrogens (tertiary/aromatic N) is 4. The zero-order chi connectivity index (χ0) is 21.1. The van der Waals surface area contributed by atoms with Crippen molar-refractivity contribution in [3.8, 4) is 0 Å². The van der Waals surface area contributed by atoms with E-state index in [0.29, 0.717) is 30.3 Å². The van der Waals surface area contributed by atoms with Gasteiger partial charge < -0.3 is 9.80 Å². The zero-order valence-electron chi connectivity index (χ0n) is 16.7. The summed E-state index contributed by atoms with van der Waals surface area (Å²) in [5, 5.41) is 4.91. The molecule has 4 rings (SSSR count). The smallest absolute Gasteiger partial charge is 0.228 e. The summed E-state index contributed by atoms with van der Waals surface area (Å²) in [6, 6.07) is 17.3.